The van der Waals surface area contributed by atoms with Crippen LogP contribution >= 0.6 is 0 Å². The second kappa shape index (κ2) is 7.65. The van der Waals surface area contributed by atoms with Crippen LogP contribution in [0.1, 0.15) is 74.9 Å². The number of urea groups is 1. The number of carbonyl (C=O) groups is 1. The van der Waals surface area contributed by atoms with E-state index in [0.717, 1.165) is 36.3 Å². The zero-order chi connectivity index (χ0) is 16.1. The highest BCUT2D eigenvalue weighted by Gasteiger charge is 2.25. The zero-order valence-electron chi connectivity index (χ0n) is 14.3. The van der Waals surface area contributed by atoms with Crippen LogP contribution in [0.25, 0.3) is 0 Å². The Morgan fingerprint density at radius 1 is 1.32 bits per heavy atom. The summed E-state index contributed by atoms with van der Waals surface area (Å²) in [6.07, 6.45) is 8.10. The van der Waals surface area contributed by atoms with Gasteiger partial charge in [0.05, 0.1) is 11.7 Å². The van der Waals surface area contributed by atoms with Crippen molar-refractivity contribution in [2.45, 2.75) is 77.8 Å². The zero-order valence-corrected chi connectivity index (χ0v) is 14.3. The van der Waals surface area contributed by atoms with Gasteiger partial charge < -0.3 is 14.7 Å². The summed E-state index contributed by atoms with van der Waals surface area (Å²) in [5, 5.41) is 7.15. The van der Waals surface area contributed by atoms with Gasteiger partial charge in [-0.25, -0.2) is 4.79 Å². The van der Waals surface area contributed by atoms with Crippen LogP contribution in [-0.2, 0) is 0 Å². The quantitative estimate of drug-likeness (QED) is 0.852. The van der Waals surface area contributed by atoms with Gasteiger partial charge in [0.15, 0.2) is 0 Å². The third-order valence-corrected chi connectivity index (χ3v) is 4.84. The molecule has 0 saturated heterocycles. The third kappa shape index (κ3) is 3.81. The fourth-order valence-corrected chi connectivity index (χ4v) is 3.43. The van der Waals surface area contributed by atoms with Gasteiger partial charge >= 0.3 is 6.03 Å². The summed E-state index contributed by atoms with van der Waals surface area (Å²) in [7, 11) is 1.92. The Kier molecular flexibility index (Phi) is 5.86. The van der Waals surface area contributed by atoms with E-state index in [1.54, 1.807) is 0 Å². The van der Waals surface area contributed by atoms with E-state index in [9.17, 15) is 4.79 Å². The SMILES string of the molecule is CC[C@@H](NC(=O)N(C)C1CCCCCC1)c1c(C)noc1C. The summed E-state index contributed by atoms with van der Waals surface area (Å²) in [5.74, 6) is 0.793. The first-order valence-corrected chi connectivity index (χ1v) is 8.50. The fraction of sp³-hybridized carbons (Fsp3) is 0.765. The smallest absolute Gasteiger partial charge is 0.317 e. The lowest BCUT2D eigenvalue weighted by atomic mass is 10.0. The predicted molar refractivity (Wildman–Crippen MR) is 86.8 cm³/mol. The molecule has 1 heterocycles. The van der Waals surface area contributed by atoms with Gasteiger partial charge in [-0.15, -0.1) is 0 Å². The molecule has 1 aromatic heterocycles. The van der Waals surface area contributed by atoms with Crippen molar-refractivity contribution in [1.82, 2.24) is 15.4 Å². The van der Waals surface area contributed by atoms with E-state index in [4.69, 9.17) is 4.52 Å². The molecule has 0 radical (unpaired) electrons. The molecule has 5 nitrogen and oxygen atoms in total. The van der Waals surface area contributed by atoms with Crippen molar-refractivity contribution in [2.24, 2.45) is 0 Å². The fourth-order valence-electron chi connectivity index (χ4n) is 3.43. The molecule has 22 heavy (non-hydrogen) atoms. The average Bonchev–Trinajstić information content (AvgIpc) is 2.74. The molecule has 0 unspecified atom stereocenters. The maximum Gasteiger partial charge on any atom is 0.317 e. The lowest BCUT2D eigenvalue weighted by molar-refractivity contribution is 0.179. The molecule has 1 aliphatic carbocycles. The maximum absolute atomic E-state index is 12.6. The molecule has 0 bridgehead atoms. The van der Waals surface area contributed by atoms with Crippen LogP contribution in [0.5, 0.6) is 0 Å². The average molecular weight is 307 g/mol. The highest BCUT2D eigenvalue weighted by molar-refractivity contribution is 5.74. The van der Waals surface area contributed by atoms with Crippen LogP contribution in [0.4, 0.5) is 4.79 Å². The van der Waals surface area contributed by atoms with Gasteiger partial charge in [-0.1, -0.05) is 37.8 Å². The lowest BCUT2D eigenvalue weighted by Gasteiger charge is -2.29. The number of nitrogens with one attached hydrogen (secondary N) is 1. The Morgan fingerprint density at radius 3 is 2.45 bits per heavy atom. The molecule has 1 aromatic rings. The van der Waals surface area contributed by atoms with Crippen LogP contribution in [0, 0.1) is 13.8 Å². The predicted octanol–water partition coefficient (Wildman–Crippen LogP) is 4.11. The van der Waals surface area contributed by atoms with Gasteiger partial charge in [-0.3, -0.25) is 0 Å². The van der Waals surface area contributed by atoms with Gasteiger partial charge in [0, 0.05) is 18.7 Å². The summed E-state index contributed by atoms with van der Waals surface area (Å²) in [5.41, 5.74) is 1.88. The van der Waals surface area contributed by atoms with Crippen LogP contribution < -0.4 is 5.32 Å². The summed E-state index contributed by atoms with van der Waals surface area (Å²) in [4.78, 5) is 14.5. The Hall–Kier alpha value is -1.52. The topological polar surface area (TPSA) is 58.4 Å². The van der Waals surface area contributed by atoms with E-state index in [-0.39, 0.29) is 12.1 Å². The van der Waals surface area contributed by atoms with E-state index < -0.39 is 0 Å². The highest BCUT2D eigenvalue weighted by Crippen LogP contribution is 2.25. The Labute approximate surface area is 133 Å². The molecule has 1 atom stereocenters. The van der Waals surface area contributed by atoms with Gasteiger partial charge in [0.2, 0.25) is 0 Å². The molecule has 0 aromatic carbocycles. The number of carbonyl (C=O) groups excluding carboxylic acids is 1. The first-order valence-electron chi connectivity index (χ1n) is 8.50. The number of nitrogens with zero attached hydrogens (tertiary/aromatic N) is 2. The summed E-state index contributed by atoms with van der Waals surface area (Å²) < 4.78 is 5.24. The number of aromatic nitrogens is 1. The second-order valence-corrected chi connectivity index (χ2v) is 6.40. The van der Waals surface area contributed by atoms with Crippen molar-refractivity contribution in [3.8, 4) is 0 Å². The number of rotatable bonds is 4. The molecule has 1 fully saturated rings. The van der Waals surface area contributed by atoms with Crippen molar-refractivity contribution < 1.29 is 9.32 Å². The number of aryl methyl sites for hydroxylation is 2. The van der Waals surface area contributed by atoms with Crippen molar-refractivity contribution in [3.63, 3.8) is 0 Å². The van der Waals surface area contributed by atoms with Crippen molar-refractivity contribution in [3.05, 3.63) is 17.0 Å². The van der Waals surface area contributed by atoms with Crippen LogP contribution in [-0.4, -0.2) is 29.2 Å². The van der Waals surface area contributed by atoms with Crippen molar-refractivity contribution >= 4 is 6.03 Å². The lowest BCUT2D eigenvalue weighted by Crippen LogP contribution is -2.44. The van der Waals surface area contributed by atoms with Crippen LogP contribution in [0.15, 0.2) is 4.52 Å². The minimum absolute atomic E-state index is 0.0127. The van der Waals surface area contributed by atoms with Gasteiger partial charge in [-0.2, -0.15) is 0 Å². The van der Waals surface area contributed by atoms with Gasteiger partial charge in [-0.05, 0) is 33.1 Å². The van der Waals surface area contributed by atoms with Gasteiger partial charge in [0.1, 0.15) is 5.76 Å². The number of amides is 2. The minimum atomic E-state index is -0.0352. The normalized spacial score (nSPS) is 17.8. The van der Waals surface area contributed by atoms with E-state index in [0.29, 0.717) is 6.04 Å². The van der Waals surface area contributed by atoms with E-state index in [1.165, 1.54) is 25.7 Å². The number of hydrogen-bond acceptors (Lipinski definition) is 3. The molecule has 1 N–H and O–H groups in total. The Balaban J connectivity index is 2.02. The molecule has 0 aliphatic heterocycles. The third-order valence-electron chi connectivity index (χ3n) is 4.84. The van der Waals surface area contributed by atoms with E-state index in [2.05, 4.69) is 17.4 Å². The molecule has 1 aliphatic rings. The Morgan fingerprint density at radius 2 is 1.95 bits per heavy atom. The standard InChI is InChI=1S/C17H29N3O2/c1-5-15(16-12(2)19-22-13(16)3)18-17(21)20(4)14-10-8-6-7-9-11-14/h14-15H,5-11H2,1-4H3,(H,18,21)/t15-/m1/s1. The summed E-state index contributed by atoms with van der Waals surface area (Å²) in [6, 6.07) is 0.343. The van der Waals surface area contributed by atoms with Crippen molar-refractivity contribution in [2.75, 3.05) is 7.05 Å². The molecule has 0 spiro atoms. The van der Waals surface area contributed by atoms with Crippen LogP contribution in [0.2, 0.25) is 0 Å². The van der Waals surface area contributed by atoms with Gasteiger partial charge in [0.25, 0.3) is 0 Å². The Bertz CT molecular complexity index is 471. The number of hydrogen-bond donors (Lipinski definition) is 1. The summed E-state index contributed by atoms with van der Waals surface area (Å²) in [6.45, 7) is 5.90. The van der Waals surface area contributed by atoms with E-state index >= 15 is 0 Å². The molecule has 5 heteroatoms. The first kappa shape index (κ1) is 16.8. The second-order valence-electron chi connectivity index (χ2n) is 6.40. The first-order chi connectivity index (χ1) is 10.5. The molecule has 2 rings (SSSR count). The van der Waals surface area contributed by atoms with Crippen molar-refractivity contribution in [1.29, 1.82) is 0 Å². The maximum atomic E-state index is 12.6. The van der Waals surface area contributed by atoms with E-state index in [1.807, 2.05) is 25.8 Å². The largest absolute Gasteiger partial charge is 0.361 e. The molecular formula is C17H29N3O2. The minimum Gasteiger partial charge on any atom is -0.361 e. The molecule has 1 saturated carbocycles. The molecule has 2 amide bonds. The van der Waals surface area contributed by atoms with Crippen LogP contribution in [0.3, 0.4) is 0 Å². The monoisotopic (exact) mass is 307 g/mol. The molecular weight excluding hydrogens is 278 g/mol. The summed E-state index contributed by atoms with van der Waals surface area (Å²) >= 11 is 0. The molecule has 124 valence electrons. The highest BCUT2D eigenvalue weighted by atomic mass is 16.5.